The molecule has 0 aromatic carbocycles. The van der Waals surface area contributed by atoms with Crippen molar-refractivity contribution in [2.24, 2.45) is 5.73 Å². The van der Waals surface area contributed by atoms with E-state index in [0.29, 0.717) is 26.3 Å². The highest BCUT2D eigenvalue weighted by Gasteiger charge is 2.32. The predicted octanol–water partition coefficient (Wildman–Crippen LogP) is -1.29. The second-order valence-corrected chi connectivity index (χ2v) is 4.68. The van der Waals surface area contributed by atoms with E-state index < -0.39 is 6.04 Å². The fourth-order valence-corrected chi connectivity index (χ4v) is 1.83. The van der Waals surface area contributed by atoms with Crippen LogP contribution in [0.1, 0.15) is 13.8 Å². The standard InChI is InChI=1S/C12H23N3O4/c1-9(2)14-12(17)10-7-19-6-4-15(10)11(16)8-18-5-3-13/h9-10H,3-8,13H2,1-2H3,(H,14,17). The van der Waals surface area contributed by atoms with Crippen LogP contribution in [0.25, 0.3) is 0 Å². The van der Waals surface area contributed by atoms with E-state index in [1.54, 1.807) is 0 Å². The Morgan fingerprint density at radius 1 is 1.53 bits per heavy atom. The van der Waals surface area contributed by atoms with Gasteiger partial charge in [-0.05, 0) is 13.8 Å². The van der Waals surface area contributed by atoms with Gasteiger partial charge in [-0.1, -0.05) is 0 Å². The maximum Gasteiger partial charge on any atom is 0.249 e. The molecule has 0 bridgehead atoms. The number of nitrogens with one attached hydrogen (secondary N) is 1. The van der Waals surface area contributed by atoms with Gasteiger partial charge < -0.3 is 25.4 Å². The lowest BCUT2D eigenvalue weighted by atomic mass is 10.2. The van der Waals surface area contributed by atoms with E-state index in [4.69, 9.17) is 15.2 Å². The van der Waals surface area contributed by atoms with Crippen molar-refractivity contribution >= 4 is 11.8 Å². The normalized spacial score (nSPS) is 19.6. The molecule has 1 aliphatic rings. The number of amides is 2. The highest BCUT2D eigenvalue weighted by molar-refractivity contribution is 5.88. The van der Waals surface area contributed by atoms with Gasteiger partial charge in [0.05, 0.1) is 19.8 Å². The fourth-order valence-electron chi connectivity index (χ4n) is 1.83. The molecule has 1 saturated heterocycles. The number of ether oxygens (including phenoxy) is 2. The molecule has 2 amide bonds. The number of nitrogens with two attached hydrogens (primary N) is 1. The molecule has 1 rings (SSSR count). The van der Waals surface area contributed by atoms with Crippen molar-refractivity contribution in [3.05, 3.63) is 0 Å². The van der Waals surface area contributed by atoms with E-state index in [1.807, 2.05) is 13.8 Å². The van der Waals surface area contributed by atoms with Gasteiger partial charge in [0.25, 0.3) is 0 Å². The molecule has 19 heavy (non-hydrogen) atoms. The Morgan fingerprint density at radius 2 is 2.26 bits per heavy atom. The minimum atomic E-state index is -0.579. The molecule has 1 heterocycles. The summed E-state index contributed by atoms with van der Waals surface area (Å²) in [6, 6.07) is -0.551. The van der Waals surface area contributed by atoms with Gasteiger partial charge in [-0.2, -0.15) is 0 Å². The maximum absolute atomic E-state index is 12.0. The van der Waals surface area contributed by atoms with Gasteiger partial charge in [-0.3, -0.25) is 9.59 Å². The third kappa shape index (κ3) is 5.14. The monoisotopic (exact) mass is 273 g/mol. The highest BCUT2D eigenvalue weighted by Crippen LogP contribution is 2.08. The summed E-state index contributed by atoms with van der Waals surface area (Å²) in [4.78, 5) is 25.5. The number of rotatable bonds is 6. The number of hydrogen-bond acceptors (Lipinski definition) is 5. The zero-order chi connectivity index (χ0) is 14.3. The molecule has 1 aliphatic heterocycles. The van der Waals surface area contributed by atoms with Crippen molar-refractivity contribution in [3.63, 3.8) is 0 Å². The third-order valence-corrected chi connectivity index (χ3v) is 2.67. The van der Waals surface area contributed by atoms with E-state index in [1.165, 1.54) is 4.90 Å². The van der Waals surface area contributed by atoms with Crippen LogP contribution in [0, 0.1) is 0 Å². The van der Waals surface area contributed by atoms with E-state index in [-0.39, 0.29) is 31.1 Å². The topological polar surface area (TPSA) is 93.9 Å². The van der Waals surface area contributed by atoms with Gasteiger partial charge in [-0.15, -0.1) is 0 Å². The maximum atomic E-state index is 12.0. The Morgan fingerprint density at radius 3 is 2.89 bits per heavy atom. The van der Waals surface area contributed by atoms with Crippen molar-refractivity contribution in [1.82, 2.24) is 10.2 Å². The highest BCUT2D eigenvalue weighted by atomic mass is 16.5. The van der Waals surface area contributed by atoms with Crippen molar-refractivity contribution in [2.45, 2.75) is 25.9 Å². The summed E-state index contributed by atoms with van der Waals surface area (Å²) in [6.45, 7) is 5.46. The van der Waals surface area contributed by atoms with Gasteiger partial charge >= 0.3 is 0 Å². The Balaban J connectivity index is 2.56. The molecule has 0 aliphatic carbocycles. The molecule has 0 aromatic heterocycles. The summed E-state index contributed by atoms with van der Waals surface area (Å²) < 4.78 is 10.4. The molecule has 7 nitrogen and oxygen atoms in total. The first-order chi connectivity index (χ1) is 9.06. The molecule has 0 saturated carbocycles. The number of morpholine rings is 1. The number of nitrogens with zero attached hydrogens (tertiary/aromatic N) is 1. The molecular formula is C12H23N3O4. The molecular weight excluding hydrogens is 250 g/mol. The number of hydrogen-bond donors (Lipinski definition) is 2. The minimum Gasteiger partial charge on any atom is -0.377 e. The average molecular weight is 273 g/mol. The van der Waals surface area contributed by atoms with Crippen LogP contribution in [-0.4, -0.2) is 68.3 Å². The molecule has 0 radical (unpaired) electrons. The molecule has 1 unspecified atom stereocenters. The first kappa shape index (κ1) is 15.9. The lowest BCUT2D eigenvalue weighted by Crippen LogP contribution is -2.57. The molecule has 3 N–H and O–H groups in total. The number of carbonyl (C=O) groups excluding carboxylic acids is 2. The van der Waals surface area contributed by atoms with Crippen LogP contribution in [0.2, 0.25) is 0 Å². The van der Waals surface area contributed by atoms with Crippen molar-refractivity contribution in [2.75, 3.05) is 39.5 Å². The van der Waals surface area contributed by atoms with Crippen LogP contribution >= 0.6 is 0 Å². The average Bonchev–Trinajstić information content (AvgIpc) is 2.38. The summed E-state index contributed by atoms with van der Waals surface area (Å²) in [6.07, 6.45) is 0. The Labute approximate surface area is 113 Å². The Kier molecular flexibility index (Phi) is 6.75. The lowest BCUT2D eigenvalue weighted by molar-refractivity contribution is -0.152. The Hall–Kier alpha value is -1.18. The van der Waals surface area contributed by atoms with E-state index in [0.717, 1.165) is 0 Å². The van der Waals surface area contributed by atoms with Crippen molar-refractivity contribution < 1.29 is 19.1 Å². The first-order valence-corrected chi connectivity index (χ1v) is 6.51. The van der Waals surface area contributed by atoms with Gasteiger partial charge in [0.1, 0.15) is 12.6 Å². The van der Waals surface area contributed by atoms with Crippen LogP contribution in [0.15, 0.2) is 0 Å². The van der Waals surface area contributed by atoms with Gasteiger partial charge in [0.15, 0.2) is 0 Å². The summed E-state index contributed by atoms with van der Waals surface area (Å²) >= 11 is 0. The molecule has 1 fully saturated rings. The summed E-state index contributed by atoms with van der Waals surface area (Å²) in [5.41, 5.74) is 5.29. The fraction of sp³-hybridized carbons (Fsp3) is 0.833. The molecule has 110 valence electrons. The van der Waals surface area contributed by atoms with E-state index >= 15 is 0 Å². The van der Waals surface area contributed by atoms with Crippen LogP contribution in [-0.2, 0) is 19.1 Å². The SMILES string of the molecule is CC(C)NC(=O)C1COCCN1C(=O)COCCN. The smallest absolute Gasteiger partial charge is 0.249 e. The quantitative estimate of drug-likeness (QED) is 0.588. The van der Waals surface area contributed by atoms with E-state index in [2.05, 4.69) is 5.32 Å². The summed E-state index contributed by atoms with van der Waals surface area (Å²) in [5, 5.41) is 2.79. The summed E-state index contributed by atoms with van der Waals surface area (Å²) in [7, 11) is 0. The Bertz CT molecular complexity index is 309. The summed E-state index contributed by atoms with van der Waals surface area (Å²) in [5.74, 6) is -0.400. The van der Waals surface area contributed by atoms with Gasteiger partial charge in [0, 0.05) is 19.1 Å². The minimum absolute atomic E-state index is 0.0277. The molecule has 1 atom stereocenters. The van der Waals surface area contributed by atoms with Crippen molar-refractivity contribution in [1.29, 1.82) is 0 Å². The van der Waals surface area contributed by atoms with Crippen LogP contribution in [0.5, 0.6) is 0 Å². The number of carbonyl (C=O) groups is 2. The molecule has 0 aromatic rings. The largest absolute Gasteiger partial charge is 0.377 e. The van der Waals surface area contributed by atoms with Crippen LogP contribution in [0.3, 0.4) is 0 Å². The van der Waals surface area contributed by atoms with Crippen LogP contribution < -0.4 is 11.1 Å². The first-order valence-electron chi connectivity index (χ1n) is 6.51. The molecule has 0 spiro atoms. The predicted molar refractivity (Wildman–Crippen MR) is 69.5 cm³/mol. The van der Waals surface area contributed by atoms with E-state index in [9.17, 15) is 9.59 Å². The lowest BCUT2D eigenvalue weighted by Gasteiger charge is -2.34. The molecule has 7 heteroatoms. The zero-order valence-corrected chi connectivity index (χ0v) is 11.6. The van der Waals surface area contributed by atoms with Gasteiger partial charge in [-0.25, -0.2) is 0 Å². The zero-order valence-electron chi connectivity index (χ0n) is 11.6. The van der Waals surface area contributed by atoms with Gasteiger partial charge in [0.2, 0.25) is 11.8 Å². The second kappa shape index (κ2) is 8.08. The van der Waals surface area contributed by atoms with Crippen LogP contribution in [0.4, 0.5) is 0 Å². The van der Waals surface area contributed by atoms with Crippen molar-refractivity contribution in [3.8, 4) is 0 Å². The second-order valence-electron chi connectivity index (χ2n) is 4.68. The third-order valence-electron chi connectivity index (χ3n) is 2.67.